The number of likely N-dealkylation sites (N-methyl/N-ethyl adjacent to an activating group) is 1. The molecule has 2 nitrogen and oxygen atoms in total. The van der Waals surface area contributed by atoms with Crippen molar-refractivity contribution in [3.63, 3.8) is 0 Å². The number of fused-ring (bicyclic) bond motifs is 1. The zero-order valence-electron chi connectivity index (χ0n) is 13.6. The van der Waals surface area contributed by atoms with Crippen LogP contribution in [0.25, 0.3) is 0 Å². The van der Waals surface area contributed by atoms with Crippen molar-refractivity contribution in [2.24, 2.45) is 0 Å². The van der Waals surface area contributed by atoms with Crippen molar-refractivity contribution in [2.45, 2.75) is 69.5 Å². The van der Waals surface area contributed by atoms with Crippen LogP contribution in [0.5, 0.6) is 5.75 Å². The fourth-order valence-electron chi connectivity index (χ4n) is 4.97. The van der Waals surface area contributed by atoms with Crippen molar-refractivity contribution < 1.29 is 9.22 Å². The van der Waals surface area contributed by atoms with Gasteiger partial charge in [0.25, 0.3) is 0 Å². The fraction of sp³-hybridized carbons (Fsp3) is 0.684. The normalized spacial score (nSPS) is 29.1. The standard InChI is InChI=1S/C19H28NO/c1-13-18-12-17(21-3)10-4-14(18)5-11-19(13)20(2,15-6-7-15)16-8-9-16/h4,10,12-13,15-16,19H,5-9,11H2,1-3H3/q+1. The summed E-state index contributed by atoms with van der Waals surface area (Å²) in [5.41, 5.74) is 3.11. The Labute approximate surface area is 128 Å². The van der Waals surface area contributed by atoms with E-state index in [9.17, 15) is 0 Å². The number of methoxy groups -OCH3 is 1. The van der Waals surface area contributed by atoms with Crippen LogP contribution in [0.1, 0.15) is 56.1 Å². The molecule has 0 radical (unpaired) electrons. The molecule has 2 heteroatoms. The third-order valence-electron chi connectivity index (χ3n) is 6.51. The second-order valence-corrected chi connectivity index (χ2v) is 7.64. The second kappa shape index (κ2) is 4.74. The molecule has 1 aromatic rings. The van der Waals surface area contributed by atoms with Gasteiger partial charge in [-0.2, -0.15) is 0 Å². The third kappa shape index (κ3) is 2.11. The first kappa shape index (κ1) is 13.6. The molecule has 2 unspecified atom stereocenters. The van der Waals surface area contributed by atoms with Gasteiger partial charge in [-0.1, -0.05) is 13.0 Å². The van der Waals surface area contributed by atoms with E-state index in [2.05, 4.69) is 32.2 Å². The number of hydrogen-bond donors (Lipinski definition) is 0. The Morgan fingerprint density at radius 1 is 1.05 bits per heavy atom. The predicted molar refractivity (Wildman–Crippen MR) is 85.7 cm³/mol. The molecule has 0 amide bonds. The summed E-state index contributed by atoms with van der Waals surface area (Å²) in [5.74, 6) is 1.68. The quantitative estimate of drug-likeness (QED) is 0.763. The molecule has 0 aliphatic heterocycles. The van der Waals surface area contributed by atoms with Crippen LogP contribution in [0.4, 0.5) is 0 Å². The maximum absolute atomic E-state index is 5.46. The molecular weight excluding hydrogens is 258 g/mol. The molecule has 114 valence electrons. The largest absolute Gasteiger partial charge is 0.497 e. The topological polar surface area (TPSA) is 9.23 Å². The average molecular weight is 286 g/mol. The molecule has 2 atom stereocenters. The number of hydrogen-bond acceptors (Lipinski definition) is 1. The van der Waals surface area contributed by atoms with Crippen molar-refractivity contribution in [3.05, 3.63) is 29.3 Å². The van der Waals surface area contributed by atoms with Crippen molar-refractivity contribution in [1.82, 2.24) is 0 Å². The molecule has 0 heterocycles. The molecule has 0 spiro atoms. The summed E-state index contributed by atoms with van der Waals surface area (Å²) in [4.78, 5) is 0. The van der Waals surface area contributed by atoms with E-state index in [0.717, 1.165) is 23.9 Å². The van der Waals surface area contributed by atoms with E-state index in [4.69, 9.17) is 4.74 Å². The first-order chi connectivity index (χ1) is 10.1. The summed E-state index contributed by atoms with van der Waals surface area (Å²) < 4.78 is 6.84. The molecule has 0 aromatic heterocycles. The van der Waals surface area contributed by atoms with E-state index in [-0.39, 0.29) is 0 Å². The molecular formula is C19H28NO+. The van der Waals surface area contributed by atoms with E-state index < -0.39 is 0 Å². The van der Waals surface area contributed by atoms with Crippen molar-refractivity contribution >= 4 is 0 Å². The Balaban J connectivity index is 1.68. The van der Waals surface area contributed by atoms with Crippen LogP contribution in [0.15, 0.2) is 18.2 Å². The summed E-state index contributed by atoms with van der Waals surface area (Å²) in [5, 5.41) is 0. The molecule has 4 rings (SSSR count). The maximum Gasteiger partial charge on any atom is 0.119 e. The monoisotopic (exact) mass is 286 g/mol. The number of quaternary nitrogens is 1. The smallest absolute Gasteiger partial charge is 0.119 e. The number of aryl methyl sites for hydroxylation is 1. The number of benzene rings is 1. The van der Waals surface area contributed by atoms with Crippen LogP contribution >= 0.6 is 0 Å². The predicted octanol–water partition coefficient (Wildman–Crippen LogP) is 3.88. The highest BCUT2D eigenvalue weighted by Gasteiger charge is 2.56. The summed E-state index contributed by atoms with van der Waals surface area (Å²) in [6, 6.07) is 9.44. The lowest BCUT2D eigenvalue weighted by Gasteiger charge is -2.47. The minimum atomic E-state index is 0.662. The zero-order chi connectivity index (χ0) is 14.6. The Kier molecular flexibility index (Phi) is 3.08. The summed E-state index contributed by atoms with van der Waals surface area (Å²) in [6.07, 6.45) is 8.45. The van der Waals surface area contributed by atoms with Gasteiger partial charge in [-0.25, -0.2) is 0 Å². The summed E-state index contributed by atoms with van der Waals surface area (Å²) >= 11 is 0. The van der Waals surface area contributed by atoms with Gasteiger partial charge >= 0.3 is 0 Å². The molecule has 21 heavy (non-hydrogen) atoms. The Morgan fingerprint density at radius 2 is 1.71 bits per heavy atom. The number of ether oxygens (including phenoxy) is 1. The molecule has 1 aromatic carbocycles. The van der Waals surface area contributed by atoms with Crippen LogP contribution in [0.2, 0.25) is 0 Å². The van der Waals surface area contributed by atoms with E-state index in [1.807, 2.05) is 0 Å². The lowest BCUT2D eigenvalue weighted by molar-refractivity contribution is -0.955. The molecule has 3 aliphatic carbocycles. The van der Waals surface area contributed by atoms with Crippen LogP contribution in [-0.2, 0) is 6.42 Å². The van der Waals surface area contributed by atoms with Crippen molar-refractivity contribution in [1.29, 1.82) is 0 Å². The van der Waals surface area contributed by atoms with Gasteiger partial charge in [-0.05, 0) is 29.7 Å². The van der Waals surface area contributed by atoms with Crippen molar-refractivity contribution in [3.8, 4) is 5.75 Å². The van der Waals surface area contributed by atoms with Crippen LogP contribution in [0, 0.1) is 0 Å². The highest BCUT2D eigenvalue weighted by molar-refractivity contribution is 5.40. The zero-order valence-corrected chi connectivity index (χ0v) is 13.6. The van der Waals surface area contributed by atoms with Crippen LogP contribution < -0.4 is 4.74 Å². The van der Waals surface area contributed by atoms with E-state index >= 15 is 0 Å². The molecule has 0 N–H and O–H groups in total. The van der Waals surface area contributed by atoms with E-state index in [1.54, 1.807) is 18.2 Å². The minimum Gasteiger partial charge on any atom is -0.497 e. The van der Waals surface area contributed by atoms with Gasteiger partial charge in [0, 0.05) is 38.0 Å². The SMILES string of the molecule is COc1ccc2c(c1)C(C)C([N+](C)(C1CC1)C1CC1)CC2. The highest BCUT2D eigenvalue weighted by atomic mass is 16.5. The lowest BCUT2D eigenvalue weighted by Crippen LogP contribution is -2.58. The van der Waals surface area contributed by atoms with Crippen LogP contribution in [0.3, 0.4) is 0 Å². The van der Waals surface area contributed by atoms with E-state index in [0.29, 0.717) is 5.92 Å². The van der Waals surface area contributed by atoms with Gasteiger partial charge in [0.05, 0.1) is 32.3 Å². The maximum atomic E-state index is 5.46. The number of nitrogens with zero attached hydrogens (tertiary/aromatic N) is 1. The first-order valence-electron chi connectivity index (χ1n) is 8.67. The minimum absolute atomic E-state index is 0.662. The van der Waals surface area contributed by atoms with Gasteiger partial charge in [0.1, 0.15) is 5.75 Å². The highest BCUT2D eigenvalue weighted by Crippen LogP contribution is 2.50. The first-order valence-corrected chi connectivity index (χ1v) is 8.67. The molecule has 2 fully saturated rings. The van der Waals surface area contributed by atoms with Gasteiger partial charge in [0.2, 0.25) is 0 Å². The fourth-order valence-corrected chi connectivity index (χ4v) is 4.97. The third-order valence-corrected chi connectivity index (χ3v) is 6.51. The number of rotatable bonds is 4. The Morgan fingerprint density at radius 3 is 2.29 bits per heavy atom. The molecule has 2 saturated carbocycles. The van der Waals surface area contributed by atoms with E-state index in [1.165, 1.54) is 43.0 Å². The molecule has 0 bridgehead atoms. The Bertz CT molecular complexity index is 532. The second-order valence-electron chi connectivity index (χ2n) is 7.64. The lowest BCUT2D eigenvalue weighted by atomic mass is 9.78. The van der Waals surface area contributed by atoms with Gasteiger partial charge in [-0.3, -0.25) is 0 Å². The summed E-state index contributed by atoms with van der Waals surface area (Å²) in [6.45, 7) is 2.46. The van der Waals surface area contributed by atoms with Crippen molar-refractivity contribution in [2.75, 3.05) is 14.2 Å². The van der Waals surface area contributed by atoms with Gasteiger partial charge in [-0.15, -0.1) is 0 Å². The summed E-state index contributed by atoms with van der Waals surface area (Å²) in [7, 11) is 4.35. The Hall–Kier alpha value is -1.02. The average Bonchev–Trinajstić information content (AvgIpc) is 3.39. The van der Waals surface area contributed by atoms with Crippen LogP contribution in [-0.4, -0.2) is 36.8 Å². The molecule has 3 aliphatic rings. The molecule has 0 saturated heterocycles. The van der Waals surface area contributed by atoms with Gasteiger partial charge in [0.15, 0.2) is 0 Å². The van der Waals surface area contributed by atoms with Gasteiger partial charge < -0.3 is 9.22 Å².